The van der Waals surface area contributed by atoms with E-state index < -0.39 is 5.41 Å². The van der Waals surface area contributed by atoms with Gasteiger partial charge in [-0.25, -0.2) is 14.5 Å². The minimum Gasteiger partial charge on any atom is -0.462 e. The molecule has 0 aliphatic heterocycles. The van der Waals surface area contributed by atoms with Crippen molar-refractivity contribution >= 4 is 39.8 Å². The number of ether oxygens (including phenoxy) is 1. The van der Waals surface area contributed by atoms with Gasteiger partial charge in [-0.15, -0.1) is 16.4 Å². The maximum atomic E-state index is 14.1. The molecule has 0 spiro atoms. The number of esters is 1. The van der Waals surface area contributed by atoms with Crippen LogP contribution in [0.1, 0.15) is 86.0 Å². The summed E-state index contributed by atoms with van der Waals surface area (Å²) in [6.07, 6.45) is 11.2. The predicted molar refractivity (Wildman–Crippen MR) is 135 cm³/mol. The van der Waals surface area contributed by atoms with Crippen molar-refractivity contribution in [2.45, 2.75) is 83.6 Å². The molecule has 1 N–H and O–H groups in total. The highest BCUT2D eigenvalue weighted by Crippen LogP contribution is 2.64. The van der Waals surface area contributed by atoms with Gasteiger partial charge in [0, 0.05) is 4.88 Å². The summed E-state index contributed by atoms with van der Waals surface area (Å²) in [6.45, 7) is 4.64. The van der Waals surface area contributed by atoms with E-state index in [1.165, 1.54) is 11.3 Å². The molecule has 0 aromatic carbocycles. The van der Waals surface area contributed by atoms with E-state index in [0.29, 0.717) is 34.9 Å². The summed E-state index contributed by atoms with van der Waals surface area (Å²) in [4.78, 5) is 32.6. The first-order valence-electron chi connectivity index (χ1n) is 13.0. The molecule has 4 bridgehead atoms. The molecule has 7 rings (SSSR count). The molecule has 7 nitrogen and oxygen atoms in total. The first-order chi connectivity index (χ1) is 16.8. The Labute approximate surface area is 215 Å². The van der Waals surface area contributed by atoms with Crippen LogP contribution < -0.4 is 5.32 Å². The zero-order valence-corrected chi connectivity index (χ0v) is 22.0. The van der Waals surface area contributed by atoms with Crippen molar-refractivity contribution in [1.29, 1.82) is 0 Å². The average molecular weight is 517 g/mol. The number of amides is 1. The third-order valence-electron chi connectivity index (χ3n) is 8.84. The number of nitrogens with one attached hydrogen (secondary N) is 1. The Kier molecular flexibility index (Phi) is 5.75. The number of nitrogens with zero attached hydrogens (tertiary/aromatic N) is 3. The third-order valence-corrected chi connectivity index (χ3v) is 10.2. The Bertz CT molecular complexity index is 1160. The normalized spacial score (nSPS) is 32.9. The molecule has 5 aliphatic rings. The standard InChI is InChI=1S/C26H33ClN4O3S/c1-3-6-34-22(32)20-18-5-4-15(2)7-19(18)35-21(20)29-23(33)25-9-16-8-17(10-25)12-26(11-16,13-25)31-14-28-24(27)30-31/h14-17H,3-13H2,1-2H3,(H,29,33). The van der Waals surface area contributed by atoms with E-state index in [0.717, 1.165) is 63.4 Å². The van der Waals surface area contributed by atoms with Crippen LogP contribution in [0.4, 0.5) is 5.00 Å². The summed E-state index contributed by atoms with van der Waals surface area (Å²) in [7, 11) is 0. The first kappa shape index (κ1) is 23.5. The molecule has 9 heteroatoms. The van der Waals surface area contributed by atoms with Gasteiger partial charge in [0.05, 0.1) is 23.1 Å². The largest absolute Gasteiger partial charge is 0.462 e. The zero-order chi connectivity index (χ0) is 24.4. The van der Waals surface area contributed by atoms with E-state index in [-0.39, 0.29) is 22.7 Å². The quantitative estimate of drug-likeness (QED) is 0.503. The lowest BCUT2D eigenvalue weighted by Crippen LogP contribution is -2.60. The highest BCUT2D eigenvalue weighted by atomic mass is 35.5. The van der Waals surface area contributed by atoms with Gasteiger partial charge in [-0.1, -0.05) is 13.8 Å². The molecule has 3 unspecified atom stereocenters. The number of hydrogen-bond acceptors (Lipinski definition) is 6. The summed E-state index contributed by atoms with van der Waals surface area (Å²) >= 11 is 7.66. The van der Waals surface area contributed by atoms with Crippen LogP contribution in [0.3, 0.4) is 0 Å². The monoisotopic (exact) mass is 516 g/mol. The van der Waals surface area contributed by atoms with Crippen LogP contribution in [0.25, 0.3) is 0 Å². The van der Waals surface area contributed by atoms with E-state index in [1.54, 1.807) is 17.7 Å². The van der Waals surface area contributed by atoms with Crippen molar-refractivity contribution in [2.24, 2.45) is 23.2 Å². The molecule has 5 aliphatic carbocycles. The predicted octanol–water partition coefficient (Wildman–Crippen LogP) is 5.62. The van der Waals surface area contributed by atoms with Gasteiger partial charge in [-0.2, -0.15) is 0 Å². The highest BCUT2D eigenvalue weighted by Gasteiger charge is 2.62. The second-order valence-corrected chi connectivity index (χ2v) is 13.0. The van der Waals surface area contributed by atoms with E-state index >= 15 is 0 Å². The SMILES string of the molecule is CCCOC(=O)c1c(NC(=O)C23CC4CC(C2)CC(n2cnc(Cl)n2)(C4)C3)sc2c1CCC(C)C2. The van der Waals surface area contributed by atoms with Crippen LogP contribution >= 0.6 is 22.9 Å². The number of carbonyl (C=O) groups excluding carboxylic acids is 2. The molecule has 0 saturated heterocycles. The summed E-state index contributed by atoms with van der Waals surface area (Å²) in [5.74, 6) is 1.33. The van der Waals surface area contributed by atoms with Crippen molar-refractivity contribution in [3.05, 3.63) is 27.6 Å². The van der Waals surface area contributed by atoms with E-state index in [9.17, 15) is 9.59 Å². The van der Waals surface area contributed by atoms with Crippen LogP contribution in [0.15, 0.2) is 6.33 Å². The van der Waals surface area contributed by atoms with E-state index in [4.69, 9.17) is 16.3 Å². The summed E-state index contributed by atoms with van der Waals surface area (Å²) < 4.78 is 7.50. The van der Waals surface area contributed by atoms with E-state index in [1.807, 2.05) is 11.6 Å². The fraction of sp³-hybridized carbons (Fsp3) is 0.692. The molecule has 2 heterocycles. The Morgan fingerprint density at radius 3 is 2.74 bits per heavy atom. The van der Waals surface area contributed by atoms with Gasteiger partial charge in [-0.3, -0.25) is 4.79 Å². The van der Waals surface area contributed by atoms with Gasteiger partial charge in [0.2, 0.25) is 11.2 Å². The molecule has 35 heavy (non-hydrogen) atoms. The fourth-order valence-electron chi connectivity index (χ4n) is 7.78. The molecule has 4 fully saturated rings. The Balaban J connectivity index is 1.32. The number of hydrogen-bond donors (Lipinski definition) is 1. The van der Waals surface area contributed by atoms with Gasteiger partial charge >= 0.3 is 5.97 Å². The minimum atomic E-state index is -0.453. The number of rotatable bonds is 6. The lowest BCUT2D eigenvalue weighted by atomic mass is 9.46. The number of halogens is 1. The average Bonchev–Trinajstić information content (AvgIpc) is 3.40. The van der Waals surface area contributed by atoms with Crippen molar-refractivity contribution < 1.29 is 14.3 Å². The number of thiophene rings is 1. The van der Waals surface area contributed by atoms with Crippen molar-refractivity contribution in [3.63, 3.8) is 0 Å². The number of anilines is 1. The number of fused-ring (bicyclic) bond motifs is 1. The van der Waals surface area contributed by atoms with Crippen molar-refractivity contribution in [3.8, 4) is 0 Å². The Morgan fingerprint density at radius 1 is 1.29 bits per heavy atom. The molecule has 3 atom stereocenters. The fourth-order valence-corrected chi connectivity index (χ4v) is 9.30. The van der Waals surface area contributed by atoms with Crippen LogP contribution in [0, 0.1) is 23.2 Å². The molecular weight excluding hydrogens is 484 g/mol. The molecule has 2 aromatic rings. The lowest BCUT2D eigenvalue weighted by molar-refractivity contribution is -0.150. The number of carbonyl (C=O) groups is 2. The second kappa shape index (κ2) is 8.58. The molecule has 2 aromatic heterocycles. The smallest absolute Gasteiger partial charge is 0.341 e. The Hall–Kier alpha value is -1.93. The molecular formula is C26H33ClN4O3S. The van der Waals surface area contributed by atoms with Crippen LogP contribution in [-0.2, 0) is 27.9 Å². The van der Waals surface area contributed by atoms with Crippen LogP contribution in [-0.4, -0.2) is 33.2 Å². The van der Waals surface area contributed by atoms with Crippen LogP contribution in [0.2, 0.25) is 5.28 Å². The minimum absolute atomic E-state index is 0.0541. The second-order valence-electron chi connectivity index (χ2n) is 11.6. The summed E-state index contributed by atoms with van der Waals surface area (Å²) in [6, 6.07) is 0. The molecule has 0 radical (unpaired) electrons. The summed E-state index contributed by atoms with van der Waals surface area (Å²) in [5.41, 5.74) is 1.03. The molecule has 188 valence electrons. The maximum Gasteiger partial charge on any atom is 0.341 e. The summed E-state index contributed by atoms with van der Waals surface area (Å²) in [5, 5.41) is 8.69. The third kappa shape index (κ3) is 3.91. The van der Waals surface area contributed by atoms with Gasteiger partial charge < -0.3 is 10.1 Å². The highest BCUT2D eigenvalue weighted by molar-refractivity contribution is 7.17. The van der Waals surface area contributed by atoms with Crippen molar-refractivity contribution in [1.82, 2.24) is 14.8 Å². The van der Waals surface area contributed by atoms with Gasteiger partial charge in [0.1, 0.15) is 11.3 Å². The lowest BCUT2D eigenvalue weighted by Gasteiger charge is -2.60. The first-order valence-corrected chi connectivity index (χ1v) is 14.2. The van der Waals surface area contributed by atoms with E-state index in [2.05, 4.69) is 22.3 Å². The van der Waals surface area contributed by atoms with Crippen molar-refractivity contribution in [2.75, 3.05) is 11.9 Å². The molecule has 1 amide bonds. The van der Waals surface area contributed by atoms with Gasteiger partial charge in [0.15, 0.2) is 0 Å². The van der Waals surface area contributed by atoms with Crippen LogP contribution in [0.5, 0.6) is 0 Å². The number of aromatic nitrogens is 3. The maximum absolute atomic E-state index is 14.1. The zero-order valence-electron chi connectivity index (χ0n) is 20.4. The Morgan fingerprint density at radius 2 is 2.06 bits per heavy atom. The van der Waals surface area contributed by atoms with Gasteiger partial charge in [0.25, 0.3) is 0 Å². The van der Waals surface area contributed by atoms with Gasteiger partial charge in [-0.05, 0) is 99.1 Å². The topological polar surface area (TPSA) is 86.1 Å². The molecule has 4 saturated carbocycles.